The van der Waals surface area contributed by atoms with Crippen LogP contribution in [0.1, 0.15) is 67.2 Å². The maximum atomic E-state index is 3.81. The predicted molar refractivity (Wildman–Crippen MR) is 81.0 cm³/mol. The Labute approximate surface area is 115 Å². The lowest BCUT2D eigenvalue weighted by molar-refractivity contribution is 0.0209. The molecular formula is C16H34N2. The van der Waals surface area contributed by atoms with Gasteiger partial charge in [0.2, 0.25) is 0 Å². The van der Waals surface area contributed by atoms with E-state index in [0.717, 1.165) is 12.5 Å². The molecule has 0 bridgehead atoms. The minimum absolute atomic E-state index is 0.310. The van der Waals surface area contributed by atoms with Gasteiger partial charge in [-0.1, -0.05) is 27.7 Å². The maximum absolute atomic E-state index is 3.81. The van der Waals surface area contributed by atoms with Gasteiger partial charge >= 0.3 is 0 Å². The van der Waals surface area contributed by atoms with Gasteiger partial charge in [0.25, 0.3) is 0 Å². The van der Waals surface area contributed by atoms with Crippen LogP contribution in [0.5, 0.6) is 0 Å². The van der Waals surface area contributed by atoms with E-state index >= 15 is 0 Å². The molecule has 2 heteroatoms. The first-order valence-corrected chi connectivity index (χ1v) is 7.85. The van der Waals surface area contributed by atoms with Crippen LogP contribution in [0.15, 0.2) is 0 Å². The molecule has 1 aliphatic heterocycles. The Morgan fingerprint density at radius 3 is 2.28 bits per heavy atom. The Morgan fingerprint density at radius 2 is 1.78 bits per heavy atom. The quantitative estimate of drug-likeness (QED) is 0.778. The third kappa shape index (κ3) is 3.96. The summed E-state index contributed by atoms with van der Waals surface area (Å²) in [5.74, 6) is 0.832. The van der Waals surface area contributed by atoms with Crippen LogP contribution >= 0.6 is 0 Å². The van der Waals surface area contributed by atoms with Gasteiger partial charge in [-0.2, -0.15) is 0 Å². The van der Waals surface area contributed by atoms with Gasteiger partial charge in [0.05, 0.1) is 0 Å². The van der Waals surface area contributed by atoms with Crippen molar-refractivity contribution in [2.24, 2.45) is 5.92 Å². The van der Waals surface area contributed by atoms with Gasteiger partial charge in [0.1, 0.15) is 0 Å². The van der Waals surface area contributed by atoms with Gasteiger partial charge in [-0.05, 0) is 52.0 Å². The lowest BCUT2D eigenvalue weighted by Gasteiger charge is -2.52. The summed E-state index contributed by atoms with van der Waals surface area (Å²) >= 11 is 0. The van der Waals surface area contributed by atoms with E-state index in [4.69, 9.17) is 0 Å². The van der Waals surface area contributed by atoms with Crippen LogP contribution < -0.4 is 5.32 Å². The fraction of sp³-hybridized carbons (Fsp3) is 1.00. The second-order valence-corrected chi connectivity index (χ2v) is 7.11. The molecule has 0 radical (unpaired) electrons. The zero-order valence-electron chi connectivity index (χ0n) is 13.5. The minimum Gasteiger partial charge on any atom is -0.308 e. The van der Waals surface area contributed by atoms with E-state index in [-0.39, 0.29) is 0 Å². The molecule has 0 aromatic rings. The standard InChI is InChI=1S/C16H34N2/c1-7-16(8-2)13-18(11-9-10-14(3)4)15(5,6)12-17-16/h14,17H,7-13H2,1-6H3. The first-order chi connectivity index (χ1) is 8.35. The Hall–Kier alpha value is -0.0800. The van der Waals surface area contributed by atoms with Crippen molar-refractivity contribution < 1.29 is 0 Å². The molecule has 1 aliphatic rings. The van der Waals surface area contributed by atoms with Crippen LogP contribution in [0.3, 0.4) is 0 Å². The highest BCUT2D eigenvalue weighted by Gasteiger charge is 2.40. The fourth-order valence-electron chi connectivity index (χ4n) is 2.95. The molecule has 0 saturated carbocycles. The van der Waals surface area contributed by atoms with Crippen molar-refractivity contribution in [1.82, 2.24) is 10.2 Å². The van der Waals surface area contributed by atoms with Crippen molar-refractivity contribution in [3.63, 3.8) is 0 Å². The lowest BCUT2D eigenvalue weighted by Crippen LogP contribution is -2.67. The molecule has 0 aromatic heterocycles. The summed E-state index contributed by atoms with van der Waals surface area (Å²) in [4.78, 5) is 2.72. The van der Waals surface area contributed by atoms with Crippen molar-refractivity contribution in [3.8, 4) is 0 Å². The van der Waals surface area contributed by atoms with E-state index < -0.39 is 0 Å². The highest BCUT2D eigenvalue weighted by Crippen LogP contribution is 2.28. The Balaban J connectivity index is 2.60. The second-order valence-electron chi connectivity index (χ2n) is 7.11. The van der Waals surface area contributed by atoms with Gasteiger partial charge in [0.15, 0.2) is 0 Å². The van der Waals surface area contributed by atoms with Crippen molar-refractivity contribution in [2.75, 3.05) is 19.6 Å². The molecule has 0 spiro atoms. The molecule has 18 heavy (non-hydrogen) atoms. The number of hydrogen-bond acceptors (Lipinski definition) is 2. The van der Waals surface area contributed by atoms with Gasteiger partial charge < -0.3 is 5.32 Å². The molecule has 1 saturated heterocycles. The Kier molecular flexibility index (Phi) is 5.67. The van der Waals surface area contributed by atoms with Crippen LogP contribution in [0.25, 0.3) is 0 Å². The van der Waals surface area contributed by atoms with Gasteiger partial charge in [-0.3, -0.25) is 4.90 Å². The Morgan fingerprint density at radius 1 is 1.17 bits per heavy atom. The van der Waals surface area contributed by atoms with Crippen molar-refractivity contribution in [2.45, 2.75) is 78.3 Å². The lowest BCUT2D eigenvalue weighted by atomic mass is 9.84. The summed E-state index contributed by atoms with van der Waals surface area (Å²) in [5.41, 5.74) is 0.665. The third-order valence-corrected chi connectivity index (χ3v) is 4.81. The largest absolute Gasteiger partial charge is 0.308 e. The fourth-order valence-corrected chi connectivity index (χ4v) is 2.95. The number of rotatable bonds is 6. The van der Waals surface area contributed by atoms with E-state index in [0.29, 0.717) is 11.1 Å². The average molecular weight is 254 g/mol. The molecule has 1 fully saturated rings. The summed E-state index contributed by atoms with van der Waals surface area (Å²) in [6.07, 6.45) is 5.16. The zero-order chi connectivity index (χ0) is 13.8. The molecule has 1 N–H and O–H groups in total. The summed E-state index contributed by atoms with van der Waals surface area (Å²) < 4.78 is 0. The molecule has 0 aromatic carbocycles. The summed E-state index contributed by atoms with van der Waals surface area (Å²) in [7, 11) is 0. The second kappa shape index (κ2) is 6.38. The number of nitrogens with one attached hydrogen (secondary N) is 1. The molecule has 2 nitrogen and oxygen atoms in total. The van der Waals surface area contributed by atoms with Crippen LogP contribution in [-0.4, -0.2) is 35.6 Å². The van der Waals surface area contributed by atoms with Crippen molar-refractivity contribution in [1.29, 1.82) is 0 Å². The molecular weight excluding hydrogens is 220 g/mol. The molecule has 1 rings (SSSR count). The Bertz CT molecular complexity index is 241. The maximum Gasteiger partial charge on any atom is 0.0304 e. The van der Waals surface area contributed by atoms with E-state index in [9.17, 15) is 0 Å². The predicted octanol–water partition coefficient (Wildman–Crippen LogP) is 3.67. The van der Waals surface area contributed by atoms with E-state index in [1.165, 1.54) is 38.8 Å². The van der Waals surface area contributed by atoms with Gasteiger partial charge in [0, 0.05) is 24.2 Å². The molecule has 0 aliphatic carbocycles. The summed E-state index contributed by atoms with van der Waals surface area (Å²) in [6, 6.07) is 0. The van der Waals surface area contributed by atoms with Crippen LogP contribution in [0.4, 0.5) is 0 Å². The SMILES string of the molecule is CCC1(CC)CN(CCCC(C)C)C(C)(C)CN1. The number of piperazine rings is 1. The van der Waals surface area contributed by atoms with E-state index in [2.05, 4.69) is 51.8 Å². The highest BCUT2D eigenvalue weighted by atomic mass is 15.3. The minimum atomic E-state index is 0.310. The first kappa shape index (κ1) is 16.0. The molecule has 0 amide bonds. The molecule has 0 atom stereocenters. The van der Waals surface area contributed by atoms with Crippen molar-refractivity contribution in [3.05, 3.63) is 0 Å². The number of hydrogen-bond donors (Lipinski definition) is 1. The van der Waals surface area contributed by atoms with E-state index in [1.54, 1.807) is 0 Å². The smallest absolute Gasteiger partial charge is 0.0304 e. The number of nitrogens with zero attached hydrogens (tertiary/aromatic N) is 1. The third-order valence-electron chi connectivity index (χ3n) is 4.81. The van der Waals surface area contributed by atoms with Crippen LogP contribution in [0.2, 0.25) is 0 Å². The molecule has 108 valence electrons. The van der Waals surface area contributed by atoms with Crippen LogP contribution in [-0.2, 0) is 0 Å². The normalized spacial score (nSPS) is 23.5. The molecule has 0 unspecified atom stereocenters. The average Bonchev–Trinajstić information content (AvgIpc) is 2.31. The highest BCUT2D eigenvalue weighted by molar-refractivity contribution is 5.00. The van der Waals surface area contributed by atoms with Crippen LogP contribution in [0, 0.1) is 5.92 Å². The van der Waals surface area contributed by atoms with Gasteiger partial charge in [-0.25, -0.2) is 0 Å². The van der Waals surface area contributed by atoms with Crippen molar-refractivity contribution >= 4 is 0 Å². The van der Waals surface area contributed by atoms with Gasteiger partial charge in [-0.15, -0.1) is 0 Å². The first-order valence-electron chi connectivity index (χ1n) is 7.85. The molecule has 1 heterocycles. The summed E-state index contributed by atoms with van der Waals surface area (Å²) in [5, 5.41) is 3.81. The monoisotopic (exact) mass is 254 g/mol. The van der Waals surface area contributed by atoms with E-state index in [1.807, 2.05) is 0 Å². The summed E-state index contributed by atoms with van der Waals surface area (Å²) in [6.45, 7) is 17.6. The topological polar surface area (TPSA) is 15.3 Å². The zero-order valence-corrected chi connectivity index (χ0v) is 13.5.